The summed E-state index contributed by atoms with van der Waals surface area (Å²) in [6.07, 6.45) is 0.0916. The molecule has 1 heterocycles. The van der Waals surface area contributed by atoms with Crippen LogP contribution < -0.4 is 14.4 Å². The number of Topliss-reactive ketones (excluding diaryl/α,β-unsaturated/α-hetero) is 1. The summed E-state index contributed by atoms with van der Waals surface area (Å²) in [4.78, 5) is 39.8. The Labute approximate surface area is 214 Å². The van der Waals surface area contributed by atoms with E-state index in [0.717, 1.165) is 0 Å². The van der Waals surface area contributed by atoms with E-state index in [1.54, 1.807) is 73.7 Å². The third-order valence-corrected chi connectivity index (χ3v) is 6.09. The Balaban J connectivity index is 1.81. The zero-order valence-electron chi connectivity index (χ0n) is 20.8. The first kappa shape index (κ1) is 25.5. The molecule has 3 aromatic carbocycles. The van der Waals surface area contributed by atoms with Gasteiger partial charge in [0.15, 0.2) is 11.5 Å². The maximum absolute atomic E-state index is 13.3. The normalized spacial score (nSPS) is 16.5. The van der Waals surface area contributed by atoms with E-state index in [1.807, 2.05) is 6.07 Å². The largest absolute Gasteiger partial charge is 0.507 e. The van der Waals surface area contributed by atoms with Gasteiger partial charge in [-0.15, -0.1) is 0 Å². The van der Waals surface area contributed by atoms with E-state index in [-0.39, 0.29) is 23.7 Å². The van der Waals surface area contributed by atoms with Crippen LogP contribution in [0.15, 0.2) is 78.4 Å². The number of rotatable bonds is 8. The molecular formula is C29H27NO7. The van der Waals surface area contributed by atoms with Crippen LogP contribution in [0.1, 0.15) is 29.7 Å². The van der Waals surface area contributed by atoms with Crippen molar-refractivity contribution >= 4 is 29.1 Å². The van der Waals surface area contributed by atoms with Gasteiger partial charge in [0.05, 0.1) is 38.9 Å². The van der Waals surface area contributed by atoms with Crippen LogP contribution >= 0.6 is 0 Å². The molecule has 1 amide bonds. The number of carbonyl (C=O) groups is 3. The highest BCUT2D eigenvalue weighted by Gasteiger charge is 2.47. The van der Waals surface area contributed by atoms with Crippen molar-refractivity contribution < 1.29 is 33.7 Å². The predicted octanol–water partition coefficient (Wildman–Crippen LogP) is 4.44. The van der Waals surface area contributed by atoms with Crippen LogP contribution in [-0.2, 0) is 25.5 Å². The molecule has 0 spiro atoms. The number of aliphatic hydroxyl groups is 1. The smallest absolute Gasteiger partial charge is 0.310 e. The first-order valence-electron chi connectivity index (χ1n) is 11.7. The second-order valence-corrected chi connectivity index (χ2v) is 8.30. The highest BCUT2D eigenvalue weighted by molar-refractivity contribution is 6.51. The number of aliphatic hydroxyl groups excluding tert-OH is 1. The lowest BCUT2D eigenvalue weighted by Crippen LogP contribution is -2.29. The van der Waals surface area contributed by atoms with Crippen LogP contribution in [0.2, 0.25) is 0 Å². The van der Waals surface area contributed by atoms with Crippen LogP contribution in [0.25, 0.3) is 5.76 Å². The SMILES string of the molecule is CCOC(=O)Cc1ccc(N2C(=O)C(=O)/C(=C(\O)c3ccc(OC)c(OC)c3)C2c2ccccc2)cc1. The Morgan fingerprint density at radius 3 is 2.22 bits per heavy atom. The summed E-state index contributed by atoms with van der Waals surface area (Å²) in [5.41, 5.74) is 2.08. The van der Waals surface area contributed by atoms with Gasteiger partial charge in [0.2, 0.25) is 0 Å². The molecule has 1 saturated heterocycles. The molecule has 1 aliphatic heterocycles. The maximum Gasteiger partial charge on any atom is 0.310 e. The molecule has 190 valence electrons. The molecule has 3 aromatic rings. The Bertz CT molecular complexity index is 1350. The lowest BCUT2D eigenvalue weighted by molar-refractivity contribution is -0.142. The summed E-state index contributed by atoms with van der Waals surface area (Å²) < 4.78 is 15.6. The zero-order valence-corrected chi connectivity index (χ0v) is 20.8. The van der Waals surface area contributed by atoms with E-state index in [4.69, 9.17) is 14.2 Å². The van der Waals surface area contributed by atoms with Crippen molar-refractivity contribution in [2.45, 2.75) is 19.4 Å². The van der Waals surface area contributed by atoms with Gasteiger partial charge in [-0.1, -0.05) is 42.5 Å². The van der Waals surface area contributed by atoms with Gasteiger partial charge in [-0.3, -0.25) is 19.3 Å². The summed E-state index contributed by atoms with van der Waals surface area (Å²) in [5.74, 6) is -1.42. The van der Waals surface area contributed by atoms with Crippen molar-refractivity contribution in [2.24, 2.45) is 0 Å². The van der Waals surface area contributed by atoms with Gasteiger partial charge >= 0.3 is 5.97 Å². The first-order chi connectivity index (χ1) is 17.9. The quantitative estimate of drug-likeness (QED) is 0.211. The van der Waals surface area contributed by atoms with Gasteiger partial charge in [-0.05, 0) is 48.4 Å². The van der Waals surface area contributed by atoms with E-state index >= 15 is 0 Å². The molecule has 1 N–H and O–H groups in total. The monoisotopic (exact) mass is 501 g/mol. The number of esters is 1. The lowest BCUT2D eigenvalue weighted by Gasteiger charge is -2.25. The van der Waals surface area contributed by atoms with Crippen molar-refractivity contribution in [3.63, 3.8) is 0 Å². The summed E-state index contributed by atoms with van der Waals surface area (Å²) >= 11 is 0. The molecule has 0 radical (unpaired) electrons. The standard InChI is InChI=1S/C29H27NO7/c1-4-37-24(31)16-18-10-13-21(14-11-18)30-26(19-8-6-5-7-9-19)25(28(33)29(30)34)27(32)20-12-15-22(35-2)23(17-20)36-3/h5-15,17,26,32H,4,16H2,1-3H3/b27-25-. The fourth-order valence-corrected chi connectivity index (χ4v) is 4.34. The molecule has 37 heavy (non-hydrogen) atoms. The number of amides is 1. The molecule has 1 aliphatic rings. The Morgan fingerprint density at radius 2 is 1.59 bits per heavy atom. The molecule has 0 aliphatic carbocycles. The third kappa shape index (κ3) is 5.04. The van der Waals surface area contributed by atoms with Crippen molar-refractivity contribution in [2.75, 3.05) is 25.7 Å². The number of benzene rings is 3. The minimum absolute atomic E-state index is 0.0426. The Hall–Kier alpha value is -4.59. The van der Waals surface area contributed by atoms with Crippen molar-refractivity contribution in [3.05, 3.63) is 95.1 Å². The number of hydrogen-bond acceptors (Lipinski definition) is 7. The van der Waals surface area contributed by atoms with E-state index in [9.17, 15) is 19.5 Å². The molecule has 1 atom stereocenters. The predicted molar refractivity (Wildman–Crippen MR) is 138 cm³/mol. The second kappa shape index (κ2) is 11.0. The first-order valence-corrected chi connectivity index (χ1v) is 11.7. The Morgan fingerprint density at radius 1 is 0.919 bits per heavy atom. The molecule has 0 aromatic heterocycles. The van der Waals surface area contributed by atoms with Crippen molar-refractivity contribution in [1.82, 2.24) is 0 Å². The highest BCUT2D eigenvalue weighted by Crippen LogP contribution is 2.43. The van der Waals surface area contributed by atoms with Gasteiger partial charge in [-0.25, -0.2) is 0 Å². The van der Waals surface area contributed by atoms with Gasteiger partial charge in [0.25, 0.3) is 11.7 Å². The minimum Gasteiger partial charge on any atom is -0.507 e. The molecule has 0 saturated carbocycles. The summed E-state index contributed by atoms with van der Waals surface area (Å²) in [6.45, 7) is 2.03. The fraction of sp³-hybridized carbons (Fsp3) is 0.207. The fourth-order valence-electron chi connectivity index (χ4n) is 4.34. The van der Waals surface area contributed by atoms with E-state index in [2.05, 4.69) is 0 Å². The molecule has 0 bridgehead atoms. The Kier molecular flexibility index (Phi) is 7.57. The summed E-state index contributed by atoms with van der Waals surface area (Å²) in [6, 6.07) is 19.7. The molecule has 4 rings (SSSR count). The number of ether oxygens (including phenoxy) is 3. The van der Waals surface area contributed by atoms with Crippen LogP contribution in [0.4, 0.5) is 5.69 Å². The number of nitrogens with zero attached hydrogens (tertiary/aromatic N) is 1. The maximum atomic E-state index is 13.3. The van der Waals surface area contributed by atoms with Crippen LogP contribution in [0.5, 0.6) is 11.5 Å². The average Bonchev–Trinajstić information content (AvgIpc) is 3.19. The lowest BCUT2D eigenvalue weighted by atomic mass is 9.95. The summed E-state index contributed by atoms with van der Waals surface area (Å²) in [5, 5.41) is 11.3. The third-order valence-electron chi connectivity index (χ3n) is 6.09. The van der Waals surface area contributed by atoms with Crippen LogP contribution in [-0.4, -0.2) is 43.6 Å². The number of hydrogen-bond donors (Lipinski definition) is 1. The van der Waals surface area contributed by atoms with E-state index < -0.39 is 17.7 Å². The zero-order chi connectivity index (χ0) is 26.5. The highest BCUT2D eigenvalue weighted by atomic mass is 16.5. The van der Waals surface area contributed by atoms with Crippen molar-refractivity contribution in [1.29, 1.82) is 0 Å². The van der Waals surface area contributed by atoms with Crippen LogP contribution in [0, 0.1) is 0 Å². The van der Waals surface area contributed by atoms with Crippen LogP contribution in [0.3, 0.4) is 0 Å². The van der Waals surface area contributed by atoms with Gasteiger partial charge in [0, 0.05) is 11.3 Å². The number of carbonyl (C=O) groups excluding carboxylic acids is 3. The molecule has 1 unspecified atom stereocenters. The second-order valence-electron chi connectivity index (χ2n) is 8.30. The number of methoxy groups -OCH3 is 2. The van der Waals surface area contributed by atoms with E-state index in [1.165, 1.54) is 19.1 Å². The average molecular weight is 502 g/mol. The minimum atomic E-state index is -0.870. The molecular weight excluding hydrogens is 474 g/mol. The molecule has 1 fully saturated rings. The molecule has 8 heteroatoms. The topological polar surface area (TPSA) is 102 Å². The molecule has 8 nitrogen and oxygen atoms in total. The van der Waals surface area contributed by atoms with E-state index in [0.29, 0.717) is 40.5 Å². The van der Waals surface area contributed by atoms with Gasteiger partial charge in [0.1, 0.15) is 5.76 Å². The summed E-state index contributed by atoms with van der Waals surface area (Å²) in [7, 11) is 2.96. The van der Waals surface area contributed by atoms with Crippen molar-refractivity contribution in [3.8, 4) is 11.5 Å². The van der Waals surface area contributed by atoms with Gasteiger partial charge in [-0.2, -0.15) is 0 Å². The number of ketones is 1. The number of anilines is 1. The van der Waals surface area contributed by atoms with Gasteiger partial charge < -0.3 is 19.3 Å².